The Kier molecular flexibility index (Phi) is 4.38. The van der Waals surface area contributed by atoms with Gasteiger partial charge in [-0.05, 0) is 45.2 Å². The second kappa shape index (κ2) is 5.72. The first-order chi connectivity index (χ1) is 9.36. The van der Waals surface area contributed by atoms with Crippen LogP contribution in [0.15, 0.2) is 12.1 Å². The van der Waals surface area contributed by atoms with E-state index >= 15 is 0 Å². The van der Waals surface area contributed by atoms with Crippen molar-refractivity contribution in [1.82, 2.24) is 10.3 Å². The van der Waals surface area contributed by atoms with E-state index < -0.39 is 0 Å². The number of nitrogens with zero attached hydrogens (tertiary/aromatic N) is 2. The maximum Gasteiger partial charge on any atom is 0.0609 e. The summed E-state index contributed by atoms with van der Waals surface area (Å²) in [5.74, 6) is 0.629. The van der Waals surface area contributed by atoms with Gasteiger partial charge in [0.2, 0.25) is 0 Å². The number of rotatable bonds is 3. The maximum atomic E-state index is 4.65. The van der Waals surface area contributed by atoms with Crippen LogP contribution in [-0.4, -0.2) is 29.7 Å². The third-order valence-corrected chi connectivity index (χ3v) is 4.71. The Morgan fingerprint density at radius 2 is 2.10 bits per heavy atom. The average molecular weight is 275 g/mol. The minimum absolute atomic E-state index is 0.197. The molecule has 1 N–H and O–H groups in total. The molecule has 3 nitrogen and oxygen atoms in total. The molecule has 0 aliphatic carbocycles. The van der Waals surface area contributed by atoms with Crippen molar-refractivity contribution in [3.05, 3.63) is 23.5 Å². The molecular weight excluding hydrogens is 246 g/mol. The summed E-state index contributed by atoms with van der Waals surface area (Å²) in [4.78, 5) is 7.23. The molecule has 1 aromatic rings. The lowest BCUT2D eigenvalue weighted by atomic mass is 9.89. The van der Waals surface area contributed by atoms with Crippen LogP contribution in [0.3, 0.4) is 0 Å². The quantitative estimate of drug-likeness (QED) is 0.917. The van der Waals surface area contributed by atoms with E-state index in [0.717, 1.165) is 30.9 Å². The normalized spacial score (nSPS) is 27.1. The molecular formula is C17H29N3. The lowest BCUT2D eigenvalue weighted by Crippen LogP contribution is -2.64. The van der Waals surface area contributed by atoms with Gasteiger partial charge in [-0.3, -0.25) is 4.98 Å². The first-order valence-corrected chi connectivity index (χ1v) is 7.82. The first-order valence-electron chi connectivity index (χ1n) is 7.82. The predicted octanol–water partition coefficient (Wildman–Crippen LogP) is 3.30. The van der Waals surface area contributed by atoms with E-state index in [2.05, 4.69) is 68.9 Å². The number of hydrogen-bond acceptors (Lipinski definition) is 3. The lowest BCUT2D eigenvalue weighted by molar-refractivity contribution is 0.252. The van der Waals surface area contributed by atoms with Crippen LogP contribution < -0.4 is 10.2 Å². The van der Waals surface area contributed by atoms with Crippen molar-refractivity contribution < 1.29 is 0 Å². The Balaban J connectivity index is 2.36. The average Bonchev–Trinajstić information content (AvgIpc) is 2.38. The molecule has 1 aliphatic heterocycles. The number of anilines is 1. The summed E-state index contributed by atoms with van der Waals surface area (Å²) in [6.07, 6.45) is 1.15. The molecule has 1 fully saturated rings. The SMILES string of the molecule is CCC1(C)CN(c2ccc(C)nc2C)C(C(C)C)CN1. The molecule has 1 aromatic heterocycles. The number of pyridine rings is 1. The molecule has 1 aliphatic rings. The van der Waals surface area contributed by atoms with Crippen molar-refractivity contribution in [2.75, 3.05) is 18.0 Å². The van der Waals surface area contributed by atoms with E-state index in [0.29, 0.717) is 12.0 Å². The minimum Gasteiger partial charge on any atom is -0.364 e. The summed E-state index contributed by atoms with van der Waals surface area (Å²) in [5.41, 5.74) is 3.75. The number of hydrogen-bond donors (Lipinski definition) is 1. The molecule has 0 spiro atoms. The van der Waals surface area contributed by atoms with E-state index in [-0.39, 0.29) is 5.54 Å². The Morgan fingerprint density at radius 3 is 2.65 bits per heavy atom. The largest absolute Gasteiger partial charge is 0.364 e. The maximum absolute atomic E-state index is 4.65. The molecule has 112 valence electrons. The topological polar surface area (TPSA) is 28.2 Å². The van der Waals surface area contributed by atoms with Gasteiger partial charge in [0.05, 0.1) is 11.4 Å². The van der Waals surface area contributed by atoms with Crippen molar-refractivity contribution >= 4 is 5.69 Å². The van der Waals surface area contributed by atoms with Crippen LogP contribution in [0.25, 0.3) is 0 Å². The van der Waals surface area contributed by atoms with Crippen molar-refractivity contribution in [3.8, 4) is 0 Å². The number of aromatic nitrogens is 1. The third-order valence-electron chi connectivity index (χ3n) is 4.71. The molecule has 2 rings (SSSR count). The van der Waals surface area contributed by atoms with Gasteiger partial charge in [0.1, 0.15) is 0 Å². The Hall–Kier alpha value is -1.09. The van der Waals surface area contributed by atoms with Crippen LogP contribution in [0.4, 0.5) is 5.69 Å². The van der Waals surface area contributed by atoms with Gasteiger partial charge < -0.3 is 10.2 Å². The molecule has 0 bridgehead atoms. The Labute approximate surface area is 123 Å². The van der Waals surface area contributed by atoms with Crippen molar-refractivity contribution in [2.24, 2.45) is 5.92 Å². The molecule has 0 radical (unpaired) electrons. The third kappa shape index (κ3) is 2.98. The molecule has 0 aromatic carbocycles. The van der Waals surface area contributed by atoms with Gasteiger partial charge in [-0.15, -0.1) is 0 Å². The minimum atomic E-state index is 0.197. The zero-order chi connectivity index (χ0) is 14.9. The zero-order valence-electron chi connectivity index (χ0n) is 13.8. The Bertz CT molecular complexity index is 469. The van der Waals surface area contributed by atoms with Crippen LogP contribution in [-0.2, 0) is 0 Å². The number of piperazine rings is 1. The first kappa shape index (κ1) is 15.3. The second-order valence-corrected chi connectivity index (χ2v) is 6.79. The van der Waals surface area contributed by atoms with Crippen LogP contribution in [0.1, 0.15) is 45.5 Å². The molecule has 1 saturated heterocycles. The van der Waals surface area contributed by atoms with Gasteiger partial charge in [-0.1, -0.05) is 20.8 Å². The van der Waals surface area contributed by atoms with Crippen molar-refractivity contribution in [2.45, 2.75) is 59.5 Å². The lowest BCUT2D eigenvalue weighted by Gasteiger charge is -2.49. The van der Waals surface area contributed by atoms with Crippen LogP contribution in [0.5, 0.6) is 0 Å². The monoisotopic (exact) mass is 275 g/mol. The predicted molar refractivity (Wildman–Crippen MR) is 86.4 cm³/mol. The van der Waals surface area contributed by atoms with Gasteiger partial charge >= 0.3 is 0 Å². The molecule has 2 heterocycles. The highest BCUT2D eigenvalue weighted by Crippen LogP contribution is 2.30. The molecule has 20 heavy (non-hydrogen) atoms. The summed E-state index contributed by atoms with van der Waals surface area (Å²) in [5, 5.41) is 3.75. The highest BCUT2D eigenvalue weighted by molar-refractivity contribution is 5.53. The van der Waals surface area contributed by atoms with Gasteiger partial charge in [-0.25, -0.2) is 0 Å². The fraction of sp³-hybridized carbons (Fsp3) is 0.706. The zero-order valence-corrected chi connectivity index (χ0v) is 13.8. The van der Waals surface area contributed by atoms with Gasteiger partial charge in [0, 0.05) is 30.4 Å². The van der Waals surface area contributed by atoms with Gasteiger partial charge in [0.15, 0.2) is 0 Å². The highest BCUT2D eigenvalue weighted by Gasteiger charge is 2.36. The molecule has 2 atom stereocenters. The van der Waals surface area contributed by atoms with E-state index in [4.69, 9.17) is 0 Å². The van der Waals surface area contributed by atoms with Gasteiger partial charge in [0.25, 0.3) is 0 Å². The summed E-state index contributed by atoms with van der Waals surface area (Å²) < 4.78 is 0. The molecule has 0 amide bonds. The molecule has 2 unspecified atom stereocenters. The van der Waals surface area contributed by atoms with Crippen molar-refractivity contribution in [3.63, 3.8) is 0 Å². The standard InChI is InChI=1S/C17H29N3/c1-7-17(6)11-20(16(10-18-17)12(2)3)15-9-8-13(4)19-14(15)5/h8-9,12,16,18H,7,10-11H2,1-6H3. The summed E-state index contributed by atoms with van der Waals surface area (Å²) >= 11 is 0. The summed E-state index contributed by atoms with van der Waals surface area (Å²) in [7, 11) is 0. The highest BCUT2D eigenvalue weighted by atomic mass is 15.3. The van der Waals surface area contributed by atoms with Crippen LogP contribution >= 0.6 is 0 Å². The summed E-state index contributed by atoms with van der Waals surface area (Å²) in [6, 6.07) is 4.91. The van der Waals surface area contributed by atoms with E-state index in [1.165, 1.54) is 5.69 Å². The van der Waals surface area contributed by atoms with Crippen LogP contribution in [0.2, 0.25) is 0 Å². The van der Waals surface area contributed by atoms with E-state index in [9.17, 15) is 0 Å². The molecule has 3 heteroatoms. The molecule has 0 saturated carbocycles. The fourth-order valence-corrected chi connectivity index (χ4v) is 3.09. The second-order valence-electron chi connectivity index (χ2n) is 6.79. The fourth-order valence-electron chi connectivity index (χ4n) is 3.09. The van der Waals surface area contributed by atoms with E-state index in [1.54, 1.807) is 0 Å². The van der Waals surface area contributed by atoms with Gasteiger partial charge in [-0.2, -0.15) is 0 Å². The van der Waals surface area contributed by atoms with E-state index in [1.807, 2.05) is 0 Å². The van der Waals surface area contributed by atoms with Crippen molar-refractivity contribution in [1.29, 1.82) is 0 Å². The smallest absolute Gasteiger partial charge is 0.0609 e. The van der Waals surface area contributed by atoms with Crippen LogP contribution in [0, 0.1) is 19.8 Å². The summed E-state index contributed by atoms with van der Waals surface area (Å²) in [6.45, 7) is 15.5. The number of aryl methyl sites for hydroxylation is 2. The number of nitrogens with one attached hydrogen (secondary N) is 1. The Morgan fingerprint density at radius 1 is 1.40 bits per heavy atom.